The number of benzene rings is 1. The number of ether oxygens (including phenoxy) is 1. The summed E-state index contributed by atoms with van der Waals surface area (Å²) in [4.78, 5) is 11.4. The maximum atomic E-state index is 11.4. The number of esters is 1. The van der Waals surface area contributed by atoms with Gasteiger partial charge in [-0.05, 0) is 36.1 Å². The summed E-state index contributed by atoms with van der Waals surface area (Å²) >= 11 is 0. The number of nitrogens with zero attached hydrogens (tertiary/aromatic N) is 1. The van der Waals surface area contributed by atoms with Gasteiger partial charge < -0.3 is 19.5 Å². The van der Waals surface area contributed by atoms with E-state index in [2.05, 4.69) is 4.74 Å². The number of hydrogen-bond acceptors (Lipinski definition) is 4. The number of carbonyl (C=O) groups is 1. The number of hydrogen-bond donors (Lipinski definition) is 2. The van der Waals surface area contributed by atoms with Crippen LogP contribution in [-0.2, 0) is 16.6 Å². The molecule has 0 bridgehead atoms. The lowest BCUT2D eigenvalue weighted by Crippen LogP contribution is -2.29. The highest BCUT2D eigenvalue weighted by molar-refractivity contribution is 5.81. The smallest absolute Gasteiger partial charge is 0.338 e. The van der Waals surface area contributed by atoms with Crippen molar-refractivity contribution in [3.05, 3.63) is 36.0 Å². The summed E-state index contributed by atoms with van der Waals surface area (Å²) in [5.41, 5.74) is 1.50. The van der Waals surface area contributed by atoms with Gasteiger partial charge in [0.25, 0.3) is 0 Å². The van der Waals surface area contributed by atoms with Crippen molar-refractivity contribution in [3.63, 3.8) is 0 Å². The predicted molar refractivity (Wildman–Crippen MR) is 70.5 cm³/mol. The molecule has 2 rings (SSSR count). The molecule has 2 unspecified atom stereocenters. The molecule has 2 atom stereocenters. The van der Waals surface area contributed by atoms with E-state index in [0.717, 1.165) is 10.9 Å². The van der Waals surface area contributed by atoms with Crippen molar-refractivity contribution in [3.8, 4) is 0 Å². The molecule has 5 heteroatoms. The highest BCUT2D eigenvalue weighted by atomic mass is 16.5. The van der Waals surface area contributed by atoms with Gasteiger partial charge in [-0.25, -0.2) is 4.79 Å². The lowest BCUT2D eigenvalue weighted by molar-refractivity contribution is -0.159. The molecular weight excluding hydrogens is 246 g/mol. The molecule has 19 heavy (non-hydrogen) atoms. The molecule has 0 aliphatic carbocycles. The fraction of sp³-hybridized carbons (Fsp3) is 0.357. The van der Waals surface area contributed by atoms with Gasteiger partial charge in [0, 0.05) is 18.8 Å². The fourth-order valence-corrected chi connectivity index (χ4v) is 2.02. The number of rotatable bonds is 4. The van der Waals surface area contributed by atoms with E-state index in [0.29, 0.717) is 5.56 Å². The van der Waals surface area contributed by atoms with Crippen molar-refractivity contribution >= 4 is 16.9 Å². The Balaban J connectivity index is 2.25. The van der Waals surface area contributed by atoms with E-state index in [1.165, 1.54) is 0 Å². The molecule has 2 N–H and O–H groups in total. The summed E-state index contributed by atoms with van der Waals surface area (Å²) in [6.07, 6.45) is -0.951. The largest absolute Gasteiger partial charge is 0.464 e. The summed E-state index contributed by atoms with van der Waals surface area (Å²) in [6, 6.07) is 7.19. The minimum absolute atomic E-state index is 0.167. The van der Waals surface area contributed by atoms with Crippen molar-refractivity contribution in [2.45, 2.75) is 19.1 Å². The van der Waals surface area contributed by atoms with Crippen LogP contribution in [-0.4, -0.2) is 33.5 Å². The molecule has 1 aromatic heterocycles. The number of fused-ring (bicyclic) bond motifs is 1. The van der Waals surface area contributed by atoms with Crippen LogP contribution < -0.4 is 0 Å². The third-order valence-corrected chi connectivity index (χ3v) is 3.08. The summed E-state index contributed by atoms with van der Waals surface area (Å²) in [6.45, 7) is 1.81. The Bertz CT molecular complexity index is 590. The average molecular weight is 263 g/mol. The molecule has 0 saturated carbocycles. The monoisotopic (exact) mass is 263 g/mol. The van der Waals surface area contributed by atoms with Gasteiger partial charge in [0.05, 0.1) is 6.61 Å². The second-order valence-corrected chi connectivity index (χ2v) is 4.39. The molecule has 2 aromatic rings. The van der Waals surface area contributed by atoms with Crippen molar-refractivity contribution in [2.24, 2.45) is 7.05 Å². The normalized spacial score (nSPS) is 14.3. The second kappa shape index (κ2) is 5.42. The summed E-state index contributed by atoms with van der Waals surface area (Å²) in [5, 5.41) is 20.7. The van der Waals surface area contributed by atoms with Crippen LogP contribution in [0.15, 0.2) is 30.5 Å². The zero-order chi connectivity index (χ0) is 14.0. The molecule has 0 radical (unpaired) electrons. The topological polar surface area (TPSA) is 71.7 Å². The van der Waals surface area contributed by atoms with Gasteiger partial charge in [-0.15, -0.1) is 0 Å². The van der Waals surface area contributed by atoms with Gasteiger partial charge in [-0.1, -0.05) is 6.07 Å². The van der Waals surface area contributed by atoms with E-state index >= 15 is 0 Å². The van der Waals surface area contributed by atoms with Crippen LogP contribution in [0.4, 0.5) is 0 Å². The Morgan fingerprint density at radius 3 is 2.79 bits per heavy atom. The molecule has 0 saturated heterocycles. The number of aliphatic hydroxyl groups excluding tert-OH is 2. The van der Waals surface area contributed by atoms with Gasteiger partial charge in [0.1, 0.15) is 6.10 Å². The Morgan fingerprint density at radius 1 is 1.37 bits per heavy atom. The number of aromatic nitrogens is 1. The maximum absolute atomic E-state index is 11.4. The average Bonchev–Trinajstić information content (AvgIpc) is 2.78. The number of aliphatic hydroxyl groups is 2. The molecule has 102 valence electrons. The Morgan fingerprint density at radius 2 is 2.11 bits per heavy atom. The van der Waals surface area contributed by atoms with Crippen LogP contribution in [0.5, 0.6) is 0 Å². The Labute approximate surface area is 111 Å². The Kier molecular flexibility index (Phi) is 3.87. The summed E-state index contributed by atoms with van der Waals surface area (Å²) in [7, 11) is 1.92. The van der Waals surface area contributed by atoms with E-state index < -0.39 is 18.2 Å². The van der Waals surface area contributed by atoms with E-state index in [-0.39, 0.29) is 6.61 Å². The van der Waals surface area contributed by atoms with Crippen LogP contribution in [0, 0.1) is 0 Å². The molecule has 0 amide bonds. The molecular formula is C14H17NO4. The molecule has 1 heterocycles. The first-order valence-corrected chi connectivity index (χ1v) is 6.12. The van der Waals surface area contributed by atoms with Crippen LogP contribution in [0.3, 0.4) is 0 Å². The quantitative estimate of drug-likeness (QED) is 0.811. The predicted octanol–water partition coefficient (Wildman–Crippen LogP) is 1.14. The third-order valence-electron chi connectivity index (χ3n) is 3.08. The van der Waals surface area contributed by atoms with E-state index in [9.17, 15) is 15.0 Å². The zero-order valence-corrected chi connectivity index (χ0v) is 10.9. The van der Waals surface area contributed by atoms with Gasteiger partial charge in [0.2, 0.25) is 0 Å². The minimum atomic E-state index is -1.57. The maximum Gasteiger partial charge on any atom is 0.338 e. The van der Waals surface area contributed by atoms with E-state index in [1.807, 2.05) is 29.9 Å². The summed E-state index contributed by atoms with van der Waals surface area (Å²) in [5.74, 6) is -0.817. The van der Waals surface area contributed by atoms with Gasteiger partial charge in [-0.3, -0.25) is 0 Å². The van der Waals surface area contributed by atoms with Gasteiger partial charge in [-0.2, -0.15) is 0 Å². The third kappa shape index (κ3) is 2.62. The molecule has 0 spiro atoms. The van der Waals surface area contributed by atoms with Crippen molar-refractivity contribution in [2.75, 3.05) is 6.61 Å². The number of carbonyl (C=O) groups excluding carboxylic acids is 1. The fourth-order valence-electron chi connectivity index (χ4n) is 2.02. The lowest BCUT2D eigenvalue weighted by atomic mass is 10.0. The SMILES string of the molecule is CCOC(=O)C(O)C(O)c1ccc2c(ccn2C)c1. The highest BCUT2D eigenvalue weighted by Crippen LogP contribution is 2.23. The van der Waals surface area contributed by atoms with E-state index in [1.54, 1.807) is 19.1 Å². The van der Waals surface area contributed by atoms with Crippen molar-refractivity contribution < 1.29 is 19.7 Å². The second-order valence-electron chi connectivity index (χ2n) is 4.39. The molecule has 0 fully saturated rings. The van der Waals surface area contributed by atoms with Crippen LogP contribution >= 0.6 is 0 Å². The first-order valence-electron chi connectivity index (χ1n) is 6.12. The zero-order valence-electron chi connectivity index (χ0n) is 10.9. The van der Waals surface area contributed by atoms with Gasteiger partial charge in [0.15, 0.2) is 6.10 Å². The standard InChI is InChI=1S/C14H17NO4/c1-3-19-14(18)13(17)12(16)10-4-5-11-9(8-10)6-7-15(11)2/h4-8,12-13,16-17H,3H2,1-2H3. The van der Waals surface area contributed by atoms with Crippen molar-refractivity contribution in [1.82, 2.24) is 4.57 Å². The summed E-state index contributed by atoms with van der Waals surface area (Å²) < 4.78 is 6.64. The molecule has 0 aliphatic heterocycles. The van der Waals surface area contributed by atoms with Crippen LogP contribution in [0.25, 0.3) is 10.9 Å². The molecule has 1 aromatic carbocycles. The van der Waals surface area contributed by atoms with Gasteiger partial charge >= 0.3 is 5.97 Å². The van der Waals surface area contributed by atoms with Crippen molar-refractivity contribution in [1.29, 1.82) is 0 Å². The van der Waals surface area contributed by atoms with E-state index in [4.69, 9.17) is 0 Å². The minimum Gasteiger partial charge on any atom is -0.464 e. The Hall–Kier alpha value is -1.85. The molecule has 5 nitrogen and oxygen atoms in total. The lowest BCUT2D eigenvalue weighted by Gasteiger charge is -2.16. The number of aryl methyl sites for hydroxylation is 1. The first kappa shape index (κ1) is 13.6. The highest BCUT2D eigenvalue weighted by Gasteiger charge is 2.27. The van der Waals surface area contributed by atoms with Crippen LogP contribution in [0.1, 0.15) is 18.6 Å². The first-order chi connectivity index (χ1) is 9.04. The van der Waals surface area contributed by atoms with Crippen LogP contribution in [0.2, 0.25) is 0 Å². The molecule has 0 aliphatic rings.